The molecule has 0 bridgehead atoms. The normalized spacial score (nSPS) is 10.7. The van der Waals surface area contributed by atoms with Crippen molar-refractivity contribution in [3.63, 3.8) is 0 Å². The second-order valence-electron chi connectivity index (χ2n) is 7.46. The molecule has 2 aromatic carbocycles. The Morgan fingerprint density at radius 2 is 1.97 bits per heavy atom. The fourth-order valence-corrected chi connectivity index (χ4v) is 4.39. The van der Waals surface area contributed by atoms with Gasteiger partial charge in [-0.2, -0.15) is 0 Å². The number of aromatic amines is 1. The highest BCUT2D eigenvalue weighted by Gasteiger charge is 2.10. The molecule has 5 rings (SSSR count). The second-order valence-corrected chi connectivity index (χ2v) is 8.51. The lowest BCUT2D eigenvalue weighted by Gasteiger charge is -2.05. The summed E-state index contributed by atoms with van der Waals surface area (Å²) < 4.78 is 0.927. The summed E-state index contributed by atoms with van der Waals surface area (Å²) >= 11 is 1.52. The largest absolute Gasteiger partial charge is 0.345 e. The molecule has 1 amide bonds. The number of carbonyl (C=O) groups is 1. The van der Waals surface area contributed by atoms with Gasteiger partial charge in [0.2, 0.25) is 5.91 Å². The van der Waals surface area contributed by atoms with Gasteiger partial charge in [-0.1, -0.05) is 42.2 Å². The lowest BCUT2D eigenvalue weighted by atomic mass is 10.1. The van der Waals surface area contributed by atoms with E-state index in [9.17, 15) is 4.79 Å². The minimum atomic E-state index is -0.0978. The second kappa shape index (κ2) is 9.10. The number of amides is 1. The topological polar surface area (TPSA) is 95.6 Å². The van der Waals surface area contributed by atoms with Crippen LogP contribution in [0, 0.1) is 11.8 Å². The maximum atomic E-state index is 11.0. The number of anilines is 2. The number of carbonyl (C=O) groups excluding carboxylic acids is 1. The number of nitrogens with zero attached hydrogens (tertiary/aromatic N) is 3. The van der Waals surface area contributed by atoms with Gasteiger partial charge in [0, 0.05) is 19.0 Å². The maximum Gasteiger partial charge on any atom is 0.217 e. The average molecular weight is 453 g/mol. The molecule has 162 valence electrons. The molecule has 0 radical (unpaired) electrons. The lowest BCUT2D eigenvalue weighted by Crippen LogP contribution is -2.19. The number of H-pyrrole nitrogens is 1. The number of thiophene rings is 1. The quantitative estimate of drug-likeness (QED) is 0.344. The van der Waals surface area contributed by atoms with Crippen molar-refractivity contribution in [2.45, 2.75) is 13.3 Å². The molecule has 0 aliphatic carbocycles. The molecule has 3 aromatic heterocycles. The minimum Gasteiger partial charge on any atom is -0.345 e. The summed E-state index contributed by atoms with van der Waals surface area (Å²) in [7, 11) is 0. The zero-order valence-electron chi connectivity index (χ0n) is 17.8. The van der Waals surface area contributed by atoms with Crippen molar-refractivity contribution in [3.05, 3.63) is 77.2 Å². The first kappa shape index (κ1) is 20.7. The predicted octanol–water partition coefficient (Wildman–Crippen LogP) is 4.39. The van der Waals surface area contributed by atoms with Crippen LogP contribution in [0.4, 0.5) is 11.5 Å². The Kier molecular flexibility index (Phi) is 5.70. The molecule has 0 unspecified atom stereocenters. The van der Waals surface area contributed by atoms with Crippen molar-refractivity contribution in [2.75, 3.05) is 11.9 Å². The van der Waals surface area contributed by atoms with E-state index in [1.165, 1.54) is 23.8 Å². The zero-order valence-corrected chi connectivity index (χ0v) is 18.7. The van der Waals surface area contributed by atoms with Crippen LogP contribution in [-0.2, 0) is 11.2 Å². The Labute approximate surface area is 194 Å². The monoisotopic (exact) mass is 452 g/mol. The maximum absolute atomic E-state index is 11.0. The van der Waals surface area contributed by atoms with Gasteiger partial charge in [0.1, 0.15) is 12.2 Å². The summed E-state index contributed by atoms with van der Waals surface area (Å²) in [5.74, 6) is 7.58. The minimum absolute atomic E-state index is 0.0978. The van der Waals surface area contributed by atoms with Crippen LogP contribution in [0.5, 0.6) is 0 Å². The standard InChI is InChI=1S/C25H20N6OS/c1-16(32)26-11-5-8-19-14-22-24(33-19)25(28-15-27-22)29-18-9-10-20-21(13-18)31-23(30-20)12-17-6-3-2-4-7-17/h2-4,6-7,9-10,13-15H,11-12H2,1H3,(H,26,32)(H,30,31)(H,27,28,29). The van der Waals surface area contributed by atoms with E-state index >= 15 is 0 Å². The average Bonchev–Trinajstić information content (AvgIpc) is 3.41. The van der Waals surface area contributed by atoms with E-state index in [4.69, 9.17) is 4.98 Å². The van der Waals surface area contributed by atoms with Crippen LogP contribution in [0.2, 0.25) is 0 Å². The van der Waals surface area contributed by atoms with Crippen molar-refractivity contribution in [3.8, 4) is 11.8 Å². The third-order valence-electron chi connectivity index (χ3n) is 4.96. The lowest BCUT2D eigenvalue weighted by molar-refractivity contribution is -0.118. The molecule has 0 spiro atoms. The summed E-state index contributed by atoms with van der Waals surface area (Å²) in [5, 5.41) is 6.07. The van der Waals surface area contributed by atoms with Crippen LogP contribution in [0.25, 0.3) is 21.3 Å². The van der Waals surface area contributed by atoms with Crippen LogP contribution in [-0.4, -0.2) is 32.4 Å². The van der Waals surface area contributed by atoms with E-state index in [0.717, 1.165) is 49.9 Å². The molecule has 8 heteroatoms. The molecule has 0 atom stereocenters. The van der Waals surface area contributed by atoms with Gasteiger partial charge < -0.3 is 15.6 Å². The van der Waals surface area contributed by atoms with E-state index in [1.54, 1.807) is 6.33 Å². The highest BCUT2D eigenvalue weighted by molar-refractivity contribution is 7.20. The number of hydrogen-bond acceptors (Lipinski definition) is 6. The van der Waals surface area contributed by atoms with Gasteiger partial charge in [-0.05, 0) is 29.8 Å². The van der Waals surface area contributed by atoms with Crippen molar-refractivity contribution in [1.82, 2.24) is 25.3 Å². The Morgan fingerprint density at radius 3 is 2.82 bits per heavy atom. The first-order valence-corrected chi connectivity index (χ1v) is 11.2. The number of hydrogen-bond donors (Lipinski definition) is 3. The van der Waals surface area contributed by atoms with E-state index in [0.29, 0.717) is 6.54 Å². The van der Waals surface area contributed by atoms with Gasteiger partial charge in [-0.3, -0.25) is 4.79 Å². The molecule has 0 saturated carbocycles. The Balaban J connectivity index is 1.37. The Bertz CT molecular complexity index is 1510. The highest BCUT2D eigenvalue weighted by atomic mass is 32.1. The summed E-state index contributed by atoms with van der Waals surface area (Å²) in [6.45, 7) is 1.79. The smallest absolute Gasteiger partial charge is 0.217 e. The van der Waals surface area contributed by atoms with Crippen LogP contribution < -0.4 is 10.6 Å². The van der Waals surface area contributed by atoms with Crippen molar-refractivity contribution in [1.29, 1.82) is 0 Å². The van der Waals surface area contributed by atoms with Gasteiger partial charge in [-0.15, -0.1) is 11.3 Å². The number of benzene rings is 2. The van der Waals surface area contributed by atoms with Gasteiger partial charge in [0.25, 0.3) is 0 Å². The first-order valence-electron chi connectivity index (χ1n) is 10.4. The van der Waals surface area contributed by atoms with Crippen molar-refractivity contribution < 1.29 is 4.79 Å². The fourth-order valence-electron chi connectivity index (χ4n) is 3.45. The van der Waals surface area contributed by atoms with Crippen molar-refractivity contribution >= 4 is 50.0 Å². The number of rotatable bonds is 5. The summed E-state index contributed by atoms with van der Waals surface area (Å²) in [6.07, 6.45) is 2.30. The molecule has 5 aromatic rings. The molecule has 0 aliphatic heterocycles. The SMILES string of the molecule is CC(=O)NCC#Cc1cc2ncnc(Nc3ccc4nc(Cc5ccccc5)[nH]c4c3)c2s1. The molecule has 3 heterocycles. The Hall–Kier alpha value is -4.22. The van der Waals surface area contributed by atoms with E-state index in [2.05, 4.69) is 49.6 Å². The van der Waals surface area contributed by atoms with Gasteiger partial charge in [0.15, 0.2) is 5.82 Å². The molecular formula is C25H20N6OS. The van der Waals surface area contributed by atoms with Gasteiger partial charge in [-0.25, -0.2) is 15.0 Å². The van der Waals surface area contributed by atoms with Crippen LogP contribution in [0.15, 0.2) is 60.9 Å². The van der Waals surface area contributed by atoms with Crippen LogP contribution in [0.3, 0.4) is 0 Å². The zero-order chi connectivity index (χ0) is 22.6. The van der Waals surface area contributed by atoms with Gasteiger partial charge >= 0.3 is 0 Å². The number of fused-ring (bicyclic) bond motifs is 2. The van der Waals surface area contributed by atoms with E-state index in [-0.39, 0.29) is 5.91 Å². The molecule has 0 aliphatic rings. The number of imidazole rings is 1. The number of aromatic nitrogens is 4. The summed E-state index contributed by atoms with van der Waals surface area (Å²) in [4.78, 5) is 28.8. The third kappa shape index (κ3) is 4.84. The predicted molar refractivity (Wildman–Crippen MR) is 132 cm³/mol. The third-order valence-corrected chi connectivity index (χ3v) is 6.00. The molecule has 33 heavy (non-hydrogen) atoms. The number of nitrogens with one attached hydrogen (secondary N) is 3. The fraction of sp³-hybridized carbons (Fsp3) is 0.120. The molecular weight excluding hydrogens is 432 g/mol. The molecule has 3 N–H and O–H groups in total. The van der Waals surface area contributed by atoms with E-state index < -0.39 is 0 Å². The van der Waals surface area contributed by atoms with Crippen LogP contribution >= 0.6 is 11.3 Å². The first-order chi connectivity index (χ1) is 16.1. The summed E-state index contributed by atoms with van der Waals surface area (Å²) in [6, 6.07) is 18.2. The van der Waals surface area contributed by atoms with Gasteiger partial charge in [0.05, 0.1) is 32.7 Å². The summed E-state index contributed by atoms with van der Waals surface area (Å²) in [5.41, 5.74) is 4.84. The van der Waals surface area contributed by atoms with Crippen molar-refractivity contribution in [2.24, 2.45) is 0 Å². The molecule has 0 saturated heterocycles. The van der Waals surface area contributed by atoms with E-state index in [1.807, 2.05) is 42.5 Å². The van der Waals surface area contributed by atoms with Crippen LogP contribution in [0.1, 0.15) is 23.2 Å². The Morgan fingerprint density at radius 1 is 1.09 bits per heavy atom. The molecule has 0 fully saturated rings. The molecule has 7 nitrogen and oxygen atoms in total. The highest BCUT2D eigenvalue weighted by Crippen LogP contribution is 2.31.